The fraction of sp³-hybridized carbons (Fsp3) is 0.300. The third-order valence-corrected chi connectivity index (χ3v) is 7.98. The quantitative estimate of drug-likeness (QED) is 0.267. The number of halogens is 3. The van der Waals surface area contributed by atoms with E-state index in [4.69, 9.17) is 11.6 Å². The van der Waals surface area contributed by atoms with Crippen molar-refractivity contribution in [3.8, 4) is 17.1 Å². The molecule has 0 atom stereocenters. The largest absolute Gasteiger partial charge is 0.349 e. The first-order valence-corrected chi connectivity index (χ1v) is 14.1. The second-order valence-electron chi connectivity index (χ2n) is 10.6. The van der Waals surface area contributed by atoms with E-state index in [-0.39, 0.29) is 28.2 Å². The number of nitrogens with zero attached hydrogens (tertiary/aromatic N) is 6. The van der Waals surface area contributed by atoms with Gasteiger partial charge in [-0.3, -0.25) is 28.6 Å². The molecule has 9 nitrogen and oxygen atoms in total. The molecule has 1 aromatic carbocycles. The van der Waals surface area contributed by atoms with Crippen molar-refractivity contribution >= 4 is 28.5 Å². The van der Waals surface area contributed by atoms with Crippen molar-refractivity contribution in [2.45, 2.75) is 44.7 Å². The van der Waals surface area contributed by atoms with Crippen LogP contribution >= 0.6 is 11.6 Å². The molecule has 0 unspecified atom stereocenters. The van der Waals surface area contributed by atoms with Crippen LogP contribution in [0.4, 0.5) is 8.78 Å². The minimum Gasteiger partial charge on any atom is -0.349 e. The molecule has 6 rings (SSSR count). The van der Waals surface area contributed by atoms with Gasteiger partial charge in [0.25, 0.3) is 12.3 Å². The SMILES string of the molecule is Cn1ccc(-c2ccc(-n3c(=O)n(CC4CCC(NC(=O)c5cc(Cl)cnc5C(F)F)CC4)c4ccccc43)cn2)n1. The van der Waals surface area contributed by atoms with Gasteiger partial charge < -0.3 is 5.32 Å². The molecule has 0 saturated heterocycles. The third kappa shape index (κ3) is 5.44. The number of fused-ring (bicyclic) bond motifs is 1. The van der Waals surface area contributed by atoms with Gasteiger partial charge in [-0.05, 0) is 68.0 Å². The molecule has 1 saturated carbocycles. The molecule has 1 amide bonds. The highest BCUT2D eigenvalue weighted by atomic mass is 35.5. The summed E-state index contributed by atoms with van der Waals surface area (Å²) >= 11 is 5.91. The van der Waals surface area contributed by atoms with Gasteiger partial charge in [-0.15, -0.1) is 0 Å². The average Bonchev–Trinajstić information content (AvgIpc) is 3.54. The van der Waals surface area contributed by atoms with Gasteiger partial charge in [0, 0.05) is 32.0 Å². The lowest BCUT2D eigenvalue weighted by Crippen LogP contribution is -2.39. The Hall–Kier alpha value is -4.38. The molecule has 0 radical (unpaired) electrons. The van der Waals surface area contributed by atoms with Crippen LogP contribution in [0.3, 0.4) is 0 Å². The summed E-state index contributed by atoms with van der Waals surface area (Å²) in [6, 6.07) is 14.3. The zero-order valence-electron chi connectivity index (χ0n) is 22.8. The van der Waals surface area contributed by atoms with Gasteiger partial charge in [0.15, 0.2) is 0 Å². The Kier molecular flexibility index (Phi) is 7.59. The number of benzene rings is 1. The van der Waals surface area contributed by atoms with E-state index >= 15 is 0 Å². The van der Waals surface area contributed by atoms with Crippen molar-refractivity contribution in [1.29, 1.82) is 0 Å². The van der Waals surface area contributed by atoms with E-state index < -0.39 is 18.0 Å². The van der Waals surface area contributed by atoms with E-state index in [0.717, 1.165) is 41.5 Å². The van der Waals surface area contributed by atoms with Crippen LogP contribution in [-0.4, -0.2) is 40.8 Å². The molecule has 0 bridgehead atoms. The normalized spacial score (nSPS) is 17.2. The zero-order valence-corrected chi connectivity index (χ0v) is 23.5. The van der Waals surface area contributed by atoms with Gasteiger partial charge in [0.2, 0.25) is 0 Å². The summed E-state index contributed by atoms with van der Waals surface area (Å²) in [7, 11) is 1.85. The number of amides is 1. The second-order valence-corrected chi connectivity index (χ2v) is 11.0. The van der Waals surface area contributed by atoms with E-state index in [2.05, 4.69) is 20.4 Å². The summed E-state index contributed by atoms with van der Waals surface area (Å²) in [5, 5.41) is 7.38. The van der Waals surface area contributed by atoms with Gasteiger partial charge in [0.1, 0.15) is 11.4 Å². The first-order valence-electron chi connectivity index (χ1n) is 13.7. The maximum absolute atomic E-state index is 13.7. The molecule has 0 aliphatic heterocycles. The molecule has 4 aromatic heterocycles. The molecule has 0 spiro atoms. The fourth-order valence-corrected chi connectivity index (χ4v) is 5.83. The summed E-state index contributed by atoms with van der Waals surface area (Å²) in [5.41, 5.74) is 2.83. The third-order valence-electron chi connectivity index (χ3n) is 7.78. The maximum Gasteiger partial charge on any atom is 0.333 e. The van der Waals surface area contributed by atoms with Crippen molar-refractivity contribution < 1.29 is 13.6 Å². The highest BCUT2D eigenvalue weighted by Crippen LogP contribution is 2.29. The maximum atomic E-state index is 13.7. The summed E-state index contributed by atoms with van der Waals surface area (Å²) < 4.78 is 31.9. The molecule has 5 aromatic rings. The number of carbonyl (C=O) groups excluding carboxylic acids is 1. The number of carbonyl (C=O) groups is 1. The number of aryl methyl sites for hydroxylation is 1. The predicted molar refractivity (Wildman–Crippen MR) is 155 cm³/mol. The molecule has 1 aliphatic carbocycles. The summed E-state index contributed by atoms with van der Waals surface area (Å²) in [6.45, 7) is 0.528. The Bertz CT molecular complexity index is 1800. The number of rotatable bonds is 7. The van der Waals surface area contributed by atoms with E-state index in [0.29, 0.717) is 25.1 Å². The number of pyridine rings is 2. The van der Waals surface area contributed by atoms with E-state index in [1.807, 2.05) is 55.7 Å². The van der Waals surface area contributed by atoms with Crippen LogP contribution in [0.5, 0.6) is 0 Å². The summed E-state index contributed by atoms with van der Waals surface area (Å²) in [6.07, 6.45) is 4.64. The Morgan fingerprint density at radius 1 is 1.02 bits per heavy atom. The molecule has 12 heteroatoms. The summed E-state index contributed by atoms with van der Waals surface area (Å²) in [5.74, 6) is -0.394. The highest BCUT2D eigenvalue weighted by Gasteiger charge is 2.27. The Morgan fingerprint density at radius 3 is 2.45 bits per heavy atom. The van der Waals surface area contributed by atoms with Crippen molar-refractivity contribution in [3.63, 3.8) is 0 Å². The van der Waals surface area contributed by atoms with Gasteiger partial charge in [-0.25, -0.2) is 13.6 Å². The van der Waals surface area contributed by atoms with Gasteiger partial charge in [-0.2, -0.15) is 5.10 Å². The van der Waals surface area contributed by atoms with Gasteiger partial charge >= 0.3 is 5.69 Å². The Morgan fingerprint density at radius 2 is 1.79 bits per heavy atom. The molecule has 1 fully saturated rings. The van der Waals surface area contributed by atoms with Crippen molar-refractivity contribution in [3.05, 3.63) is 93.9 Å². The van der Waals surface area contributed by atoms with E-state index in [9.17, 15) is 18.4 Å². The molecule has 42 heavy (non-hydrogen) atoms. The van der Waals surface area contributed by atoms with Gasteiger partial charge in [-0.1, -0.05) is 23.7 Å². The highest BCUT2D eigenvalue weighted by molar-refractivity contribution is 6.30. The molecule has 4 heterocycles. The molecule has 1 aliphatic rings. The molecule has 1 N–H and O–H groups in total. The van der Waals surface area contributed by atoms with Crippen LogP contribution < -0.4 is 11.0 Å². The lowest BCUT2D eigenvalue weighted by Gasteiger charge is -2.29. The molecule has 216 valence electrons. The minimum absolute atomic E-state index is 0.123. The van der Waals surface area contributed by atoms with Crippen molar-refractivity contribution in [2.24, 2.45) is 13.0 Å². The van der Waals surface area contributed by atoms with Crippen LogP contribution in [0.2, 0.25) is 5.02 Å². The second kappa shape index (κ2) is 11.5. The number of hydrogen-bond acceptors (Lipinski definition) is 5. The van der Waals surface area contributed by atoms with Crippen LogP contribution in [-0.2, 0) is 13.6 Å². The smallest absolute Gasteiger partial charge is 0.333 e. The van der Waals surface area contributed by atoms with E-state index in [1.165, 1.54) is 6.07 Å². The lowest BCUT2D eigenvalue weighted by atomic mass is 9.85. The lowest BCUT2D eigenvalue weighted by molar-refractivity contribution is 0.0904. The van der Waals surface area contributed by atoms with Crippen LogP contribution in [0.25, 0.3) is 28.1 Å². The Balaban J connectivity index is 1.17. The number of para-hydroxylation sites is 2. The molecular weight excluding hydrogens is 564 g/mol. The van der Waals surface area contributed by atoms with Crippen molar-refractivity contribution in [2.75, 3.05) is 0 Å². The predicted octanol–water partition coefficient (Wildman–Crippen LogP) is 5.56. The fourth-order valence-electron chi connectivity index (χ4n) is 5.67. The van der Waals surface area contributed by atoms with Crippen LogP contribution in [0.1, 0.15) is 48.2 Å². The number of hydrogen-bond donors (Lipinski definition) is 1. The monoisotopic (exact) mass is 591 g/mol. The minimum atomic E-state index is -2.88. The molecular formula is C30H28ClF2N7O2. The number of alkyl halides is 2. The zero-order chi connectivity index (χ0) is 29.4. The van der Waals surface area contributed by atoms with Crippen LogP contribution in [0.15, 0.2) is 71.9 Å². The first kappa shape index (κ1) is 27.8. The number of nitrogens with one attached hydrogen (secondary N) is 1. The van der Waals surface area contributed by atoms with Crippen LogP contribution in [0, 0.1) is 5.92 Å². The summed E-state index contributed by atoms with van der Waals surface area (Å²) in [4.78, 5) is 34.7. The number of imidazole rings is 1. The number of aromatic nitrogens is 6. The first-order chi connectivity index (χ1) is 20.3. The Labute approximate surface area is 244 Å². The standard InChI is InChI=1S/C30H28ClF2N7O2/c1-38-13-12-24(37-38)23-11-10-21(16-34-23)40-26-5-3-2-4-25(26)39(30(40)42)17-18-6-8-20(9-7-18)36-29(41)22-14-19(31)15-35-27(22)28(32)33/h2-5,10-16,18,20,28H,6-9,17H2,1H3,(H,36,41). The average molecular weight is 592 g/mol. The van der Waals surface area contributed by atoms with E-state index in [1.54, 1.807) is 20.0 Å². The topological polar surface area (TPSA) is 99.6 Å². The van der Waals surface area contributed by atoms with Crippen molar-refractivity contribution in [1.82, 2.24) is 34.2 Å². The van der Waals surface area contributed by atoms with Gasteiger partial charge in [0.05, 0.1) is 39.2 Å².